The standard InChI is InChI=1S/C17H28N2O.C6H6N2O/c1-12(2)7-8-13(3)18-16-10-9-14(19-20)11-15(16)17(4,5)6;7-5-3-1-2-4-6(5)8-9/h9-13,18H,7-8H2,1-6H3;1-4H,7H2. The lowest BCUT2D eigenvalue weighted by molar-refractivity contribution is 0.526. The quantitative estimate of drug-likeness (QED) is 0.378. The van der Waals surface area contributed by atoms with Crippen LogP contribution in [0.5, 0.6) is 0 Å². The van der Waals surface area contributed by atoms with Gasteiger partial charge >= 0.3 is 0 Å². The van der Waals surface area contributed by atoms with Gasteiger partial charge in [0, 0.05) is 11.7 Å². The van der Waals surface area contributed by atoms with Crippen molar-refractivity contribution < 1.29 is 0 Å². The molecule has 0 saturated carbocycles. The molecule has 0 spiro atoms. The van der Waals surface area contributed by atoms with Gasteiger partial charge in [-0.2, -0.15) is 0 Å². The molecule has 2 aromatic rings. The second-order valence-corrected chi connectivity index (χ2v) is 8.74. The Balaban J connectivity index is 0.000000387. The molecule has 6 heteroatoms. The summed E-state index contributed by atoms with van der Waals surface area (Å²) < 4.78 is 0. The van der Waals surface area contributed by atoms with Gasteiger partial charge in [0.1, 0.15) is 11.4 Å². The number of hydrogen-bond acceptors (Lipinski definition) is 6. The first-order chi connectivity index (χ1) is 13.6. The summed E-state index contributed by atoms with van der Waals surface area (Å²) in [4.78, 5) is 20.6. The van der Waals surface area contributed by atoms with Crippen LogP contribution in [-0.2, 0) is 5.41 Å². The lowest BCUT2D eigenvalue weighted by Crippen LogP contribution is -2.20. The summed E-state index contributed by atoms with van der Waals surface area (Å²) in [6, 6.07) is 12.7. The minimum absolute atomic E-state index is 0.0131. The Hall–Kier alpha value is -2.76. The molecule has 0 radical (unpaired) electrons. The highest BCUT2D eigenvalue weighted by atomic mass is 16.3. The number of para-hydroxylation sites is 1. The Bertz CT molecular complexity index is 798. The lowest BCUT2D eigenvalue weighted by atomic mass is 9.85. The molecule has 0 bridgehead atoms. The first kappa shape index (κ1) is 24.3. The summed E-state index contributed by atoms with van der Waals surface area (Å²) in [5, 5.41) is 9.32. The maximum absolute atomic E-state index is 10.7. The zero-order valence-electron chi connectivity index (χ0n) is 18.4. The van der Waals surface area contributed by atoms with Gasteiger partial charge in [-0.1, -0.05) is 46.8 Å². The van der Waals surface area contributed by atoms with E-state index >= 15 is 0 Å². The number of nitrogens with one attached hydrogen (secondary N) is 1. The average molecular weight is 399 g/mol. The van der Waals surface area contributed by atoms with Crippen LogP contribution in [0.1, 0.15) is 59.9 Å². The minimum atomic E-state index is -0.0131. The van der Waals surface area contributed by atoms with Crippen molar-refractivity contribution in [1.29, 1.82) is 0 Å². The van der Waals surface area contributed by atoms with Crippen molar-refractivity contribution in [2.24, 2.45) is 16.3 Å². The number of nitroso groups, excluding NO2 is 2. The Labute approximate surface area is 174 Å². The average Bonchev–Trinajstić information content (AvgIpc) is 2.66. The summed E-state index contributed by atoms with van der Waals surface area (Å²) in [6.07, 6.45) is 2.36. The Morgan fingerprint density at radius 2 is 1.62 bits per heavy atom. The normalized spacial score (nSPS) is 12.0. The fourth-order valence-corrected chi connectivity index (χ4v) is 2.83. The molecular weight excluding hydrogens is 364 g/mol. The van der Waals surface area contributed by atoms with E-state index in [1.54, 1.807) is 30.3 Å². The smallest absolute Gasteiger partial charge is 0.130 e. The molecule has 0 amide bonds. The van der Waals surface area contributed by atoms with Crippen LogP contribution < -0.4 is 11.1 Å². The third-order valence-electron chi connectivity index (χ3n) is 4.53. The van der Waals surface area contributed by atoms with Gasteiger partial charge in [-0.15, -0.1) is 9.81 Å². The summed E-state index contributed by atoms with van der Waals surface area (Å²) >= 11 is 0. The molecule has 158 valence electrons. The largest absolute Gasteiger partial charge is 0.397 e. The molecule has 2 aromatic carbocycles. The van der Waals surface area contributed by atoms with Gasteiger partial charge in [0.15, 0.2) is 0 Å². The molecule has 3 N–H and O–H groups in total. The van der Waals surface area contributed by atoms with E-state index in [0.29, 0.717) is 23.1 Å². The third kappa shape index (κ3) is 8.42. The molecule has 1 unspecified atom stereocenters. The van der Waals surface area contributed by atoms with Gasteiger partial charge in [-0.25, -0.2) is 0 Å². The van der Waals surface area contributed by atoms with Crippen molar-refractivity contribution >= 4 is 22.7 Å². The van der Waals surface area contributed by atoms with Gasteiger partial charge in [0.25, 0.3) is 0 Å². The van der Waals surface area contributed by atoms with Gasteiger partial charge in [0.05, 0.1) is 5.69 Å². The van der Waals surface area contributed by atoms with Crippen LogP contribution in [-0.4, -0.2) is 6.04 Å². The zero-order chi connectivity index (χ0) is 22.0. The first-order valence-electron chi connectivity index (χ1n) is 10.0. The van der Waals surface area contributed by atoms with Gasteiger partial charge < -0.3 is 11.1 Å². The van der Waals surface area contributed by atoms with E-state index in [-0.39, 0.29) is 5.41 Å². The van der Waals surface area contributed by atoms with Crippen LogP contribution in [0.15, 0.2) is 52.8 Å². The summed E-state index contributed by atoms with van der Waals surface area (Å²) in [5.74, 6) is 0.725. The van der Waals surface area contributed by atoms with E-state index < -0.39 is 0 Å². The molecule has 0 aliphatic carbocycles. The maximum atomic E-state index is 10.7. The molecule has 2 rings (SSSR count). The number of nitrogens with zero attached hydrogens (tertiary/aromatic N) is 2. The monoisotopic (exact) mass is 398 g/mol. The van der Waals surface area contributed by atoms with Crippen LogP contribution in [0.2, 0.25) is 0 Å². The van der Waals surface area contributed by atoms with E-state index in [0.717, 1.165) is 23.6 Å². The second-order valence-electron chi connectivity index (χ2n) is 8.74. The van der Waals surface area contributed by atoms with E-state index in [4.69, 9.17) is 5.73 Å². The van der Waals surface area contributed by atoms with Crippen LogP contribution in [0.3, 0.4) is 0 Å². The van der Waals surface area contributed by atoms with Gasteiger partial charge in [-0.3, -0.25) is 0 Å². The number of rotatable bonds is 7. The molecule has 0 aliphatic heterocycles. The van der Waals surface area contributed by atoms with Crippen LogP contribution in [0, 0.1) is 15.7 Å². The molecular formula is C23H34N4O2. The predicted octanol–water partition coefficient (Wildman–Crippen LogP) is 7.29. The molecule has 29 heavy (non-hydrogen) atoms. The van der Waals surface area contributed by atoms with E-state index in [1.165, 1.54) is 6.42 Å². The summed E-state index contributed by atoms with van der Waals surface area (Å²) in [5.41, 5.74) is 8.80. The Morgan fingerprint density at radius 1 is 0.966 bits per heavy atom. The molecule has 0 heterocycles. The van der Waals surface area contributed by atoms with Crippen molar-refractivity contribution in [2.45, 2.75) is 65.8 Å². The topological polar surface area (TPSA) is 96.9 Å². The molecule has 0 fully saturated rings. The molecule has 0 aliphatic rings. The maximum Gasteiger partial charge on any atom is 0.130 e. The highest BCUT2D eigenvalue weighted by Gasteiger charge is 2.19. The highest BCUT2D eigenvalue weighted by molar-refractivity contribution is 5.61. The van der Waals surface area contributed by atoms with Crippen LogP contribution in [0.4, 0.5) is 22.7 Å². The van der Waals surface area contributed by atoms with Crippen molar-refractivity contribution in [3.05, 3.63) is 57.8 Å². The van der Waals surface area contributed by atoms with Crippen molar-refractivity contribution in [2.75, 3.05) is 11.1 Å². The van der Waals surface area contributed by atoms with E-state index in [2.05, 4.69) is 57.2 Å². The predicted molar refractivity (Wildman–Crippen MR) is 124 cm³/mol. The van der Waals surface area contributed by atoms with Gasteiger partial charge in [0.2, 0.25) is 0 Å². The number of nitrogen functional groups attached to an aromatic ring is 1. The van der Waals surface area contributed by atoms with E-state index in [1.807, 2.05) is 12.1 Å². The van der Waals surface area contributed by atoms with Crippen LogP contribution in [0.25, 0.3) is 0 Å². The molecule has 0 aromatic heterocycles. The summed E-state index contributed by atoms with van der Waals surface area (Å²) in [6.45, 7) is 13.2. The number of hydrogen-bond donors (Lipinski definition) is 2. The van der Waals surface area contributed by atoms with Crippen molar-refractivity contribution in [3.8, 4) is 0 Å². The molecule has 0 saturated heterocycles. The number of nitrogens with two attached hydrogens (primary N) is 1. The molecule has 6 nitrogen and oxygen atoms in total. The fraction of sp³-hybridized carbons (Fsp3) is 0.478. The highest BCUT2D eigenvalue weighted by Crippen LogP contribution is 2.33. The Kier molecular flexibility index (Phi) is 9.45. The fourth-order valence-electron chi connectivity index (χ4n) is 2.83. The molecule has 1 atom stereocenters. The van der Waals surface area contributed by atoms with E-state index in [9.17, 15) is 9.81 Å². The first-order valence-corrected chi connectivity index (χ1v) is 10.0. The SMILES string of the molecule is CC(C)CCC(C)Nc1ccc(N=O)cc1C(C)(C)C.Nc1ccccc1N=O. The second kappa shape index (κ2) is 11.3. The summed E-state index contributed by atoms with van der Waals surface area (Å²) in [7, 11) is 0. The number of benzene rings is 2. The Morgan fingerprint density at radius 3 is 2.10 bits per heavy atom. The third-order valence-corrected chi connectivity index (χ3v) is 4.53. The van der Waals surface area contributed by atoms with Gasteiger partial charge in [-0.05, 0) is 77.3 Å². The van der Waals surface area contributed by atoms with Crippen molar-refractivity contribution in [3.63, 3.8) is 0 Å². The van der Waals surface area contributed by atoms with Crippen LogP contribution >= 0.6 is 0 Å². The van der Waals surface area contributed by atoms with Crippen molar-refractivity contribution in [1.82, 2.24) is 0 Å². The zero-order valence-corrected chi connectivity index (χ0v) is 18.4. The minimum Gasteiger partial charge on any atom is -0.397 e. The lowest BCUT2D eigenvalue weighted by Gasteiger charge is -2.26. The number of anilines is 2.